The standard InChI is InChI=1S/C25H25N2.C15H28O2.Ir/c1-15-9-16(2)11-19(10-15)23-21-8-7-18-13-20(25(4,5)6)12-17(3)22(18)24(21)27-14-26-23;1-7-14(5,8-2)12(16)11-13(17)15(6,9-3)10-4;/h7-10,12-14H,1-6H3;11,16H,7-10H2,1-6H3;/q-1;;/b;12-11-;. The Balaban J connectivity index is 0.000000343. The third kappa shape index (κ3) is 8.48. The number of ketones is 1. The number of aromatic nitrogens is 2. The van der Waals surface area contributed by atoms with E-state index in [1.165, 1.54) is 33.5 Å². The predicted octanol–water partition coefficient (Wildman–Crippen LogP) is 11.1. The van der Waals surface area contributed by atoms with E-state index < -0.39 is 0 Å². The molecule has 0 unspecified atom stereocenters. The van der Waals surface area contributed by atoms with Crippen LogP contribution in [0.3, 0.4) is 0 Å². The van der Waals surface area contributed by atoms with Gasteiger partial charge in [-0.15, -0.1) is 34.9 Å². The van der Waals surface area contributed by atoms with Crippen LogP contribution in [0.1, 0.15) is 110 Å². The quantitative estimate of drug-likeness (QED) is 0.0836. The van der Waals surface area contributed by atoms with Crippen LogP contribution >= 0.6 is 0 Å². The molecule has 45 heavy (non-hydrogen) atoms. The largest absolute Gasteiger partial charge is 0.512 e. The second kappa shape index (κ2) is 15.1. The molecule has 1 heterocycles. The number of carbonyl (C=O) groups is 1. The molecule has 0 amide bonds. The van der Waals surface area contributed by atoms with Gasteiger partial charge < -0.3 is 5.11 Å². The van der Waals surface area contributed by atoms with E-state index >= 15 is 0 Å². The Kier molecular flexibility index (Phi) is 12.9. The second-order valence-corrected chi connectivity index (χ2v) is 14.0. The number of aliphatic hydroxyl groups excluding tert-OH is 1. The van der Waals surface area contributed by atoms with Crippen LogP contribution in [0.25, 0.3) is 32.9 Å². The van der Waals surface area contributed by atoms with Gasteiger partial charge in [0.25, 0.3) is 0 Å². The number of hydrogen-bond acceptors (Lipinski definition) is 4. The Bertz CT molecular complexity index is 1650. The van der Waals surface area contributed by atoms with E-state index in [4.69, 9.17) is 0 Å². The maximum Gasteiger partial charge on any atom is 0.164 e. The van der Waals surface area contributed by atoms with Crippen LogP contribution in [0.4, 0.5) is 0 Å². The van der Waals surface area contributed by atoms with Gasteiger partial charge in [0.15, 0.2) is 5.78 Å². The minimum atomic E-state index is -0.337. The van der Waals surface area contributed by atoms with Gasteiger partial charge in [-0.3, -0.25) is 9.78 Å². The molecule has 1 N–H and O–H groups in total. The van der Waals surface area contributed by atoms with Crippen LogP contribution in [0, 0.1) is 37.7 Å². The summed E-state index contributed by atoms with van der Waals surface area (Å²) < 4.78 is 0. The summed E-state index contributed by atoms with van der Waals surface area (Å²) in [5.41, 5.74) is 7.48. The van der Waals surface area contributed by atoms with Gasteiger partial charge in [0.05, 0.1) is 5.52 Å². The van der Waals surface area contributed by atoms with Gasteiger partial charge >= 0.3 is 0 Å². The molecule has 1 radical (unpaired) electrons. The number of nitrogens with zero attached hydrogens (tertiary/aromatic N) is 2. The SMILES string of the molecule is CCC(C)(CC)C(=O)/C=C(\O)C(C)(CC)CC.Cc1[c-]c(-c2ncnc3c2ccc2cc(C(C)(C)C)cc(C)c23)cc(C)c1.[Ir]. The molecule has 0 atom stereocenters. The number of aliphatic hydroxyl groups is 1. The Morgan fingerprint density at radius 1 is 0.844 bits per heavy atom. The molecule has 4 nitrogen and oxygen atoms in total. The van der Waals surface area contributed by atoms with Crippen molar-refractivity contribution in [2.24, 2.45) is 10.8 Å². The number of allylic oxidation sites excluding steroid dienone is 2. The van der Waals surface area contributed by atoms with Crippen molar-refractivity contribution in [1.29, 1.82) is 0 Å². The summed E-state index contributed by atoms with van der Waals surface area (Å²) in [6.45, 7) is 25.2. The number of benzene rings is 3. The fourth-order valence-corrected chi connectivity index (χ4v) is 5.55. The first kappa shape index (κ1) is 38.3. The summed E-state index contributed by atoms with van der Waals surface area (Å²) in [4.78, 5) is 21.5. The molecule has 0 saturated heterocycles. The van der Waals surface area contributed by atoms with Gasteiger partial charge in [-0.05, 0) is 65.6 Å². The normalized spacial score (nSPS) is 12.5. The first-order chi connectivity index (χ1) is 20.5. The van der Waals surface area contributed by atoms with Crippen molar-refractivity contribution in [3.8, 4) is 11.3 Å². The zero-order valence-electron chi connectivity index (χ0n) is 29.5. The third-order valence-corrected chi connectivity index (χ3v) is 9.79. The van der Waals surface area contributed by atoms with Crippen LogP contribution in [0.5, 0.6) is 0 Å². The van der Waals surface area contributed by atoms with E-state index in [-0.39, 0.29) is 47.9 Å². The Labute approximate surface area is 285 Å². The van der Waals surface area contributed by atoms with Gasteiger partial charge in [-0.1, -0.05) is 100 Å². The summed E-state index contributed by atoms with van der Waals surface area (Å²) in [5, 5.41) is 13.7. The number of fused-ring (bicyclic) bond motifs is 3. The first-order valence-electron chi connectivity index (χ1n) is 16.2. The molecular formula is C40H53IrN2O2-. The van der Waals surface area contributed by atoms with Crippen LogP contribution in [0.15, 0.2) is 54.6 Å². The number of aryl methyl sites for hydroxylation is 3. The second-order valence-electron chi connectivity index (χ2n) is 14.0. The number of carbonyl (C=O) groups excluding carboxylic acids is 1. The van der Waals surface area contributed by atoms with E-state index in [2.05, 4.69) is 94.0 Å². The Morgan fingerprint density at radius 2 is 1.44 bits per heavy atom. The minimum Gasteiger partial charge on any atom is -0.512 e. The van der Waals surface area contributed by atoms with Gasteiger partial charge in [0.1, 0.15) is 12.1 Å². The smallest absolute Gasteiger partial charge is 0.164 e. The van der Waals surface area contributed by atoms with Crippen molar-refractivity contribution in [3.63, 3.8) is 0 Å². The summed E-state index contributed by atoms with van der Waals surface area (Å²) in [6.07, 6.45) is 6.43. The van der Waals surface area contributed by atoms with Crippen molar-refractivity contribution in [2.75, 3.05) is 0 Å². The van der Waals surface area contributed by atoms with E-state index in [1.54, 1.807) is 6.33 Å². The van der Waals surface area contributed by atoms with Crippen LogP contribution in [-0.4, -0.2) is 20.9 Å². The molecule has 0 aliphatic rings. The van der Waals surface area contributed by atoms with Gasteiger partial charge in [-0.25, -0.2) is 4.98 Å². The molecule has 4 rings (SSSR count). The third-order valence-electron chi connectivity index (χ3n) is 9.79. The molecule has 5 heteroatoms. The predicted molar refractivity (Wildman–Crippen MR) is 187 cm³/mol. The van der Waals surface area contributed by atoms with E-state index in [1.807, 2.05) is 41.5 Å². The van der Waals surface area contributed by atoms with E-state index in [9.17, 15) is 9.90 Å². The monoisotopic (exact) mass is 786 g/mol. The van der Waals surface area contributed by atoms with Crippen LogP contribution < -0.4 is 0 Å². The molecule has 1 aromatic heterocycles. The van der Waals surface area contributed by atoms with Crippen molar-refractivity contribution < 1.29 is 30.0 Å². The fraction of sp³-hybridized carbons (Fsp3) is 0.475. The molecule has 0 saturated carbocycles. The van der Waals surface area contributed by atoms with Crippen LogP contribution in [-0.2, 0) is 30.3 Å². The zero-order valence-corrected chi connectivity index (χ0v) is 31.9. The Hall–Kier alpha value is -2.88. The van der Waals surface area contributed by atoms with Crippen molar-refractivity contribution in [1.82, 2.24) is 9.97 Å². The molecule has 0 aliphatic heterocycles. The zero-order chi connectivity index (χ0) is 33.0. The van der Waals surface area contributed by atoms with Crippen molar-refractivity contribution >= 4 is 27.5 Å². The fourth-order valence-electron chi connectivity index (χ4n) is 5.55. The van der Waals surface area contributed by atoms with E-state index in [0.29, 0.717) is 0 Å². The van der Waals surface area contributed by atoms with Crippen LogP contribution in [0.2, 0.25) is 0 Å². The minimum absolute atomic E-state index is 0. The number of hydrogen-bond donors (Lipinski definition) is 1. The van der Waals surface area contributed by atoms with Crippen molar-refractivity contribution in [3.05, 3.63) is 82.9 Å². The molecule has 0 bridgehead atoms. The number of rotatable bonds is 8. The van der Waals surface area contributed by atoms with Gasteiger partial charge in [0.2, 0.25) is 0 Å². The Morgan fingerprint density at radius 3 is 1.98 bits per heavy atom. The first-order valence-corrected chi connectivity index (χ1v) is 16.2. The summed E-state index contributed by atoms with van der Waals surface area (Å²) in [6, 6.07) is 16.7. The molecule has 0 aliphatic carbocycles. The summed E-state index contributed by atoms with van der Waals surface area (Å²) in [5.74, 6) is 0.286. The van der Waals surface area contributed by atoms with E-state index in [0.717, 1.165) is 53.4 Å². The topological polar surface area (TPSA) is 63.1 Å². The average molecular weight is 786 g/mol. The molecule has 0 fully saturated rings. The molecule has 0 spiro atoms. The molecule has 3 aromatic carbocycles. The summed E-state index contributed by atoms with van der Waals surface area (Å²) >= 11 is 0. The molecule has 245 valence electrons. The maximum absolute atomic E-state index is 12.2. The van der Waals surface area contributed by atoms with Gasteiger partial charge in [0, 0.05) is 42.4 Å². The molecule has 4 aromatic rings. The maximum atomic E-state index is 12.2. The average Bonchev–Trinajstić information content (AvgIpc) is 2.98. The molecular weight excluding hydrogens is 733 g/mol. The summed E-state index contributed by atoms with van der Waals surface area (Å²) in [7, 11) is 0. The van der Waals surface area contributed by atoms with Crippen molar-refractivity contribution in [2.45, 2.75) is 114 Å². The van der Waals surface area contributed by atoms with Gasteiger partial charge in [-0.2, -0.15) is 0 Å².